The first-order valence-electron chi connectivity index (χ1n) is 8.04. The van der Waals surface area contributed by atoms with Gasteiger partial charge in [-0.2, -0.15) is 17.0 Å². The van der Waals surface area contributed by atoms with Crippen LogP contribution in [0.1, 0.15) is 32.1 Å². The Morgan fingerprint density at radius 2 is 1.91 bits per heavy atom. The smallest absolute Gasteiger partial charge is 0.282 e. The number of nitrogens with one attached hydrogen (secondary N) is 1. The number of hydrogen-bond acceptors (Lipinski definition) is 4. The quantitative estimate of drug-likeness (QED) is 0.786. The van der Waals surface area contributed by atoms with E-state index >= 15 is 0 Å². The zero-order valence-corrected chi connectivity index (χ0v) is 13.9. The molecule has 3 aliphatic rings. The molecular weight excluding hydrogens is 306 g/mol. The van der Waals surface area contributed by atoms with E-state index in [0.717, 1.165) is 25.7 Å². The molecule has 22 heavy (non-hydrogen) atoms. The first-order chi connectivity index (χ1) is 10.5. The molecule has 0 aromatic heterocycles. The van der Waals surface area contributed by atoms with Gasteiger partial charge in [-0.25, -0.2) is 0 Å². The summed E-state index contributed by atoms with van der Waals surface area (Å²) in [7, 11) is -1.79. The van der Waals surface area contributed by atoms with Crippen molar-refractivity contribution in [3.8, 4) is 0 Å². The molecule has 3 rings (SSSR count). The monoisotopic (exact) mass is 331 g/mol. The topological polar surface area (TPSA) is 79.0 Å². The summed E-state index contributed by atoms with van der Waals surface area (Å²) in [6, 6.07) is 0. The Morgan fingerprint density at radius 3 is 2.55 bits per heavy atom. The van der Waals surface area contributed by atoms with Crippen molar-refractivity contribution >= 4 is 16.1 Å². The van der Waals surface area contributed by atoms with Crippen molar-refractivity contribution in [3.63, 3.8) is 0 Å². The first-order valence-corrected chi connectivity index (χ1v) is 9.44. The van der Waals surface area contributed by atoms with Crippen LogP contribution >= 0.6 is 0 Å². The van der Waals surface area contributed by atoms with Crippen LogP contribution in [-0.2, 0) is 19.7 Å². The fourth-order valence-corrected chi connectivity index (χ4v) is 5.54. The zero-order chi connectivity index (χ0) is 15.8. The van der Waals surface area contributed by atoms with Gasteiger partial charge in [-0.3, -0.25) is 4.79 Å². The van der Waals surface area contributed by atoms with Crippen molar-refractivity contribution in [2.45, 2.75) is 38.2 Å². The van der Waals surface area contributed by atoms with Crippen molar-refractivity contribution in [1.82, 2.24) is 13.9 Å². The Labute approximate surface area is 132 Å². The van der Waals surface area contributed by atoms with Crippen LogP contribution in [0.15, 0.2) is 0 Å². The minimum absolute atomic E-state index is 0.0227. The molecule has 126 valence electrons. The Kier molecular flexibility index (Phi) is 4.46. The van der Waals surface area contributed by atoms with Crippen LogP contribution in [0.2, 0.25) is 0 Å². The Balaban J connectivity index is 1.68. The number of carbonyl (C=O) groups is 1. The number of methoxy groups -OCH3 is 1. The summed E-state index contributed by atoms with van der Waals surface area (Å²) >= 11 is 0. The van der Waals surface area contributed by atoms with Crippen molar-refractivity contribution in [1.29, 1.82) is 0 Å². The summed E-state index contributed by atoms with van der Waals surface area (Å²) in [5.41, 5.74) is -0.504. The fraction of sp³-hybridized carbons (Fsp3) is 0.929. The fourth-order valence-electron chi connectivity index (χ4n) is 3.81. The molecule has 0 aliphatic carbocycles. The number of ether oxygens (including phenoxy) is 1. The third-order valence-electron chi connectivity index (χ3n) is 5.30. The van der Waals surface area contributed by atoms with Crippen molar-refractivity contribution < 1.29 is 17.9 Å². The highest BCUT2D eigenvalue weighted by Crippen LogP contribution is 2.39. The summed E-state index contributed by atoms with van der Waals surface area (Å²) in [5, 5.41) is 2.89. The van der Waals surface area contributed by atoms with E-state index in [2.05, 4.69) is 5.32 Å². The lowest BCUT2D eigenvalue weighted by Crippen LogP contribution is -2.51. The van der Waals surface area contributed by atoms with Crippen molar-refractivity contribution in [2.75, 3.05) is 39.8 Å². The van der Waals surface area contributed by atoms with Crippen LogP contribution in [-0.4, -0.2) is 68.9 Å². The summed E-state index contributed by atoms with van der Waals surface area (Å²) in [5.74, 6) is 0.0227. The molecule has 0 bridgehead atoms. The molecule has 1 spiro atoms. The van der Waals surface area contributed by atoms with Gasteiger partial charge in [0.1, 0.15) is 0 Å². The number of rotatable bonds is 3. The van der Waals surface area contributed by atoms with Crippen LogP contribution in [0.4, 0.5) is 0 Å². The van der Waals surface area contributed by atoms with Gasteiger partial charge in [0.2, 0.25) is 5.91 Å². The van der Waals surface area contributed by atoms with E-state index in [1.165, 1.54) is 4.31 Å². The van der Waals surface area contributed by atoms with E-state index in [4.69, 9.17) is 4.74 Å². The molecule has 0 saturated carbocycles. The van der Waals surface area contributed by atoms with E-state index in [9.17, 15) is 13.2 Å². The second-order valence-electron chi connectivity index (χ2n) is 6.57. The number of hydrogen-bond donors (Lipinski definition) is 1. The predicted octanol–water partition coefficient (Wildman–Crippen LogP) is -0.0559. The number of carbonyl (C=O) groups excluding carboxylic acids is 1. The Hall–Kier alpha value is -0.700. The van der Waals surface area contributed by atoms with Gasteiger partial charge in [0.25, 0.3) is 10.2 Å². The Morgan fingerprint density at radius 1 is 1.18 bits per heavy atom. The van der Waals surface area contributed by atoms with Gasteiger partial charge >= 0.3 is 0 Å². The van der Waals surface area contributed by atoms with Crippen LogP contribution in [0.5, 0.6) is 0 Å². The molecule has 3 heterocycles. The second-order valence-corrected chi connectivity index (χ2v) is 8.49. The summed E-state index contributed by atoms with van der Waals surface area (Å²) in [6.45, 7) is 2.47. The van der Waals surface area contributed by atoms with E-state index in [-0.39, 0.29) is 12.0 Å². The molecule has 0 aromatic carbocycles. The van der Waals surface area contributed by atoms with E-state index in [1.54, 1.807) is 11.4 Å². The highest BCUT2D eigenvalue weighted by molar-refractivity contribution is 7.86. The van der Waals surface area contributed by atoms with Gasteiger partial charge in [-0.15, -0.1) is 0 Å². The van der Waals surface area contributed by atoms with Gasteiger partial charge in [0, 0.05) is 39.8 Å². The second kappa shape index (κ2) is 6.07. The molecule has 0 unspecified atom stereocenters. The molecule has 3 fully saturated rings. The maximum absolute atomic E-state index is 12.8. The number of piperidine rings is 2. The van der Waals surface area contributed by atoms with Gasteiger partial charge in [-0.05, 0) is 32.1 Å². The predicted molar refractivity (Wildman–Crippen MR) is 81.4 cm³/mol. The van der Waals surface area contributed by atoms with E-state index in [0.29, 0.717) is 39.1 Å². The van der Waals surface area contributed by atoms with E-state index in [1.807, 2.05) is 0 Å². The lowest BCUT2D eigenvalue weighted by atomic mass is 9.79. The summed E-state index contributed by atoms with van der Waals surface area (Å²) < 4.78 is 33.9. The average Bonchev–Trinajstić information content (AvgIpc) is 2.96. The first kappa shape index (κ1) is 16.2. The normalized spacial score (nSPS) is 32.5. The standard InChI is InChI=1S/C14H25N3O4S/c1-21-12-3-8-16(9-4-12)22(19,20)17-10-6-14(11-17)5-2-7-15-13(14)18/h12H,2-11H2,1H3,(H,15,18)/t14-/m1/s1. The molecule has 0 aromatic rings. The third-order valence-corrected chi connectivity index (χ3v) is 7.29. The molecule has 7 nitrogen and oxygen atoms in total. The maximum atomic E-state index is 12.8. The third kappa shape index (κ3) is 2.77. The minimum Gasteiger partial charge on any atom is -0.381 e. The van der Waals surface area contributed by atoms with Gasteiger partial charge in [-0.1, -0.05) is 0 Å². The highest BCUT2D eigenvalue weighted by atomic mass is 32.2. The van der Waals surface area contributed by atoms with Crippen LogP contribution in [0.3, 0.4) is 0 Å². The lowest BCUT2D eigenvalue weighted by molar-refractivity contribution is -0.132. The molecule has 1 amide bonds. The average molecular weight is 331 g/mol. The van der Waals surface area contributed by atoms with Gasteiger partial charge < -0.3 is 10.1 Å². The van der Waals surface area contributed by atoms with Crippen LogP contribution in [0.25, 0.3) is 0 Å². The minimum atomic E-state index is -3.46. The highest BCUT2D eigenvalue weighted by Gasteiger charge is 2.49. The number of nitrogens with zero attached hydrogens (tertiary/aromatic N) is 2. The molecule has 1 N–H and O–H groups in total. The van der Waals surface area contributed by atoms with Gasteiger partial charge in [0.15, 0.2) is 0 Å². The largest absolute Gasteiger partial charge is 0.381 e. The lowest BCUT2D eigenvalue weighted by Gasteiger charge is -2.35. The molecule has 3 saturated heterocycles. The molecule has 3 aliphatic heterocycles. The van der Waals surface area contributed by atoms with Crippen molar-refractivity contribution in [2.24, 2.45) is 5.41 Å². The molecular formula is C14H25N3O4S. The maximum Gasteiger partial charge on any atom is 0.282 e. The van der Waals surface area contributed by atoms with E-state index < -0.39 is 15.6 Å². The summed E-state index contributed by atoms with van der Waals surface area (Å²) in [4.78, 5) is 12.2. The SMILES string of the molecule is COC1CCN(S(=O)(=O)N2CC[C@]3(CCCNC3=O)C2)CC1. The van der Waals surface area contributed by atoms with Crippen LogP contribution in [0, 0.1) is 5.41 Å². The van der Waals surface area contributed by atoms with Crippen molar-refractivity contribution in [3.05, 3.63) is 0 Å². The Bertz CT molecular complexity index is 530. The van der Waals surface area contributed by atoms with Crippen LogP contribution < -0.4 is 5.32 Å². The molecule has 8 heteroatoms. The number of amides is 1. The molecule has 0 radical (unpaired) electrons. The zero-order valence-electron chi connectivity index (χ0n) is 13.1. The summed E-state index contributed by atoms with van der Waals surface area (Å²) in [6.07, 6.45) is 3.97. The molecule has 1 atom stereocenters. The van der Waals surface area contributed by atoms with Gasteiger partial charge in [0.05, 0.1) is 11.5 Å².